The van der Waals surface area contributed by atoms with Crippen LogP contribution in [0.1, 0.15) is 23.7 Å². The molecule has 1 unspecified atom stereocenters. The number of pyridine rings is 1. The van der Waals surface area contributed by atoms with Crippen molar-refractivity contribution in [2.45, 2.75) is 31.0 Å². The number of aromatic nitrogens is 2. The number of hydrogen-bond acceptors (Lipinski definition) is 7. The molecule has 1 N–H and O–H groups in total. The maximum Gasteiger partial charge on any atom is 0.239 e. The Morgan fingerprint density at radius 1 is 1.31 bits per heavy atom. The van der Waals surface area contributed by atoms with Crippen LogP contribution in [0.2, 0.25) is 0 Å². The van der Waals surface area contributed by atoms with E-state index in [-0.39, 0.29) is 5.91 Å². The summed E-state index contributed by atoms with van der Waals surface area (Å²) in [5.41, 5.74) is 3.79. The highest BCUT2D eigenvalue weighted by molar-refractivity contribution is 8.00. The normalized spacial score (nSPS) is 11.6. The van der Waals surface area contributed by atoms with Crippen molar-refractivity contribution in [1.82, 2.24) is 9.97 Å². The fraction of sp³-hybridized carbons (Fsp3) is 0.238. The number of carbonyl (C=O) groups excluding carboxylic acids is 1. The van der Waals surface area contributed by atoms with Gasteiger partial charge >= 0.3 is 0 Å². The van der Waals surface area contributed by atoms with Crippen LogP contribution < -0.4 is 10.1 Å². The minimum Gasteiger partial charge on any atom is -0.496 e. The molecule has 8 heteroatoms. The standard InChI is InChI=1S/C21H20N4O2S2/c1-12-9-13(2)23-20(16(12)10-22)29-14(3)19(26)25-21-24-17(11-28-21)15-7-5-6-8-18(15)27-4/h5-9,11,14H,1-4H3,(H,24,25,26). The predicted octanol–water partition coefficient (Wildman–Crippen LogP) is 4.82. The molecule has 29 heavy (non-hydrogen) atoms. The highest BCUT2D eigenvalue weighted by atomic mass is 32.2. The zero-order chi connectivity index (χ0) is 21.0. The third kappa shape index (κ3) is 4.75. The largest absolute Gasteiger partial charge is 0.496 e. The fourth-order valence-corrected chi connectivity index (χ4v) is 4.50. The Hall–Kier alpha value is -2.89. The summed E-state index contributed by atoms with van der Waals surface area (Å²) in [6, 6.07) is 11.6. The lowest BCUT2D eigenvalue weighted by molar-refractivity contribution is -0.115. The maximum atomic E-state index is 12.7. The number of benzene rings is 1. The Bertz CT molecular complexity index is 1090. The SMILES string of the molecule is COc1ccccc1-c1csc(NC(=O)C(C)Sc2nc(C)cc(C)c2C#N)n1. The fourth-order valence-electron chi connectivity index (χ4n) is 2.76. The molecule has 1 amide bonds. The number of amides is 1. The minimum atomic E-state index is -0.436. The number of nitriles is 1. The smallest absolute Gasteiger partial charge is 0.239 e. The Balaban J connectivity index is 1.73. The zero-order valence-electron chi connectivity index (χ0n) is 16.5. The van der Waals surface area contributed by atoms with Crippen LogP contribution in [0.15, 0.2) is 40.7 Å². The number of aryl methyl sites for hydroxylation is 2. The second kappa shape index (κ2) is 9.07. The van der Waals surface area contributed by atoms with Crippen LogP contribution in [0.5, 0.6) is 5.75 Å². The number of methoxy groups -OCH3 is 1. The van der Waals surface area contributed by atoms with E-state index in [0.29, 0.717) is 15.7 Å². The van der Waals surface area contributed by atoms with Crippen LogP contribution in [0.3, 0.4) is 0 Å². The van der Waals surface area contributed by atoms with Crippen LogP contribution in [0.4, 0.5) is 5.13 Å². The summed E-state index contributed by atoms with van der Waals surface area (Å²) in [6.45, 7) is 5.53. The molecule has 2 heterocycles. The third-order valence-corrected chi connectivity index (χ3v) is 6.04. The molecule has 3 aromatic rings. The van der Waals surface area contributed by atoms with E-state index in [9.17, 15) is 10.1 Å². The van der Waals surface area contributed by atoms with Gasteiger partial charge < -0.3 is 10.1 Å². The average molecular weight is 425 g/mol. The molecular weight excluding hydrogens is 404 g/mol. The van der Waals surface area contributed by atoms with Crippen LogP contribution in [0.25, 0.3) is 11.3 Å². The van der Waals surface area contributed by atoms with E-state index in [4.69, 9.17) is 4.74 Å². The van der Waals surface area contributed by atoms with Gasteiger partial charge in [-0.25, -0.2) is 9.97 Å². The number of rotatable bonds is 6. The lowest BCUT2D eigenvalue weighted by atomic mass is 10.1. The molecule has 0 radical (unpaired) electrons. The number of hydrogen-bond donors (Lipinski definition) is 1. The average Bonchev–Trinajstić information content (AvgIpc) is 3.15. The van der Waals surface area contributed by atoms with Gasteiger partial charge in [-0.3, -0.25) is 4.79 Å². The maximum absolute atomic E-state index is 12.7. The molecule has 0 bridgehead atoms. The summed E-state index contributed by atoms with van der Waals surface area (Å²) in [6.07, 6.45) is 0. The molecule has 0 saturated heterocycles. The second-order valence-electron chi connectivity index (χ2n) is 6.36. The van der Waals surface area contributed by atoms with E-state index in [1.807, 2.05) is 49.6 Å². The predicted molar refractivity (Wildman–Crippen MR) is 116 cm³/mol. The molecule has 3 rings (SSSR count). The van der Waals surface area contributed by atoms with E-state index in [2.05, 4.69) is 21.4 Å². The van der Waals surface area contributed by atoms with Gasteiger partial charge in [0, 0.05) is 16.6 Å². The Morgan fingerprint density at radius 2 is 2.07 bits per heavy atom. The molecule has 0 aliphatic heterocycles. The molecule has 0 aliphatic rings. The third-order valence-electron chi connectivity index (χ3n) is 4.20. The molecule has 6 nitrogen and oxygen atoms in total. The first-order chi connectivity index (χ1) is 13.9. The van der Waals surface area contributed by atoms with Gasteiger partial charge in [-0.15, -0.1) is 11.3 Å². The molecule has 1 atom stereocenters. The number of thiazole rings is 1. The molecule has 2 aromatic heterocycles. The van der Waals surface area contributed by atoms with Gasteiger partial charge in [0.05, 0.1) is 23.6 Å². The number of para-hydroxylation sites is 1. The van der Waals surface area contributed by atoms with Crippen molar-refractivity contribution in [1.29, 1.82) is 5.26 Å². The van der Waals surface area contributed by atoms with E-state index >= 15 is 0 Å². The molecular formula is C21H20N4O2S2. The number of thioether (sulfide) groups is 1. The summed E-state index contributed by atoms with van der Waals surface area (Å²) in [4.78, 5) is 21.6. The van der Waals surface area contributed by atoms with Crippen molar-refractivity contribution in [3.63, 3.8) is 0 Å². The highest BCUT2D eigenvalue weighted by Gasteiger charge is 2.20. The number of anilines is 1. The molecule has 0 saturated carbocycles. The number of nitrogens with zero attached hydrogens (tertiary/aromatic N) is 3. The first-order valence-corrected chi connectivity index (χ1v) is 10.6. The molecule has 1 aromatic carbocycles. The van der Waals surface area contributed by atoms with Crippen molar-refractivity contribution in [2.24, 2.45) is 0 Å². The Kier molecular flexibility index (Phi) is 6.52. The van der Waals surface area contributed by atoms with Crippen molar-refractivity contribution in [3.05, 3.63) is 52.5 Å². The first-order valence-electron chi connectivity index (χ1n) is 8.87. The van der Waals surface area contributed by atoms with Gasteiger partial charge in [0.1, 0.15) is 16.8 Å². The monoisotopic (exact) mass is 424 g/mol. The first kappa shape index (κ1) is 20.8. The Labute approximate surface area is 178 Å². The summed E-state index contributed by atoms with van der Waals surface area (Å²) in [5.74, 6) is 0.533. The lowest BCUT2D eigenvalue weighted by Gasteiger charge is -2.12. The van der Waals surface area contributed by atoms with E-state index in [1.54, 1.807) is 14.0 Å². The second-order valence-corrected chi connectivity index (χ2v) is 8.55. The van der Waals surface area contributed by atoms with Crippen molar-refractivity contribution < 1.29 is 9.53 Å². The van der Waals surface area contributed by atoms with Crippen LogP contribution in [0, 0.1) is 25.2 Å². The van der Waals surface area contributed by atoms with Crippen molar-refractivity contribution in [2.75, 3.05) is 12.4 Å². The van der Waals surface area contributed by atoms with Gasteiger partial charge in [0.2, 0.25) is 5.91 Å². The highest BCUT2D eigenvalue weighted by Crippen LogP contribution is 2.33. The number of ether oxygens (including phenoxy) is 1. The van der Waals surface area contributed by atoms with Crippen molar-refractivity contribution in [3.8, 4) is 23.1 Å². The van der Waals surface area contributed by atoms with Crippen LogP contribution in [-0.4, -0.2) is 28.2 Å². The molecule has 0 spiro atoms. The molecule has 0 fully saturated rings. The van der Waals surface area contributed by atoms with Crippen LogP contribution in [-0.2, 0) is 4.79 Å². The van der Waals surface area contributed by atoms with Gasteiger partial charge in [-0.05, 0) is 44.5 Å². The van der Waals surface area contributed by atoms with E-state index < -0.39 is 5.25 Å². The summed E-state index contributed by atoms with van der Waals surface area (Å²) in [5, 5.41) is 14.8. The van der Waals surface area contributed by atoms with E-state index in [0.717, 1.165) is 28.3 Å². The van der Waals surface area contributed by atoms with Gasteiger partial charge in [0.25, 0.3) is 0 Å². The van der Waals surface area contributed by atoms with Crippen LogP contribution >= 0.6 is 23.1 Å². The molecule has 0 aliphatic carbocycles. The van der Waals surface area contributed by atoms with Gasteiger partial charge in [-0.2, -0.15) is 5.26 Å². The Morgan fingerprint density at radius 3 is 2.79 bits per heavy atom. The van der Waals surface area contributed by atoms with Gasteiger partial charge in [0.15, 0.2) is 5.13 Å². The number of nitrogens with one attached hydrogen (secondary N) is 1. The van der Waals surface area contributed by atoms with Crippen molar-refractivity contribution >= 4 is 34.1 Å². The summed E-state index contributed by atoms with van der Waals surface area (Å²) in [7, 11) is 1.61. The summed E-state index contributed by atoms with van der Waals surface area (Å²) >= 11 is 2.62. The van der Waals surface area contributed by atoms with Gasteiger partial charge in [-0.1, -0.05) is 23.9 Å². The quantitative estimate of drug-likeness (QED) is 0.571. The van der Waals surface area contributed by atoms with E-state index in [1.165, 1.54) is 23.1 Å². The number of carbonyl (C=O) groups is 1. The zero-order valence-corrected chi connectivity index (χ0v) is 18.1. The lowest BCUT2D eigenvalue weighted by Crippen LogP contribution is -2.22. The topological polar surface area (TPSA) is 87.9 Å². The molecule has 148 valence electrons. The minimum absolute atomic E-state index is 0.194. The summed E-state index contributed by atoms with van der Waals surface area (Å²) < 4.78 is 5.38.